The van der Waals surface area contributed by atoms with Crippen LogP contribution < -0.4 is 10.2 Å². The zero-order valence-electron chi connectivity index (χ0n) is 15.2. The quantitative estimate of drug-likeness (QED) is 0.275. The van der Waals surface area contributed by atoms with E-state index in [9.17, 15) is 14.0 Å². The van der Waals surface area contributed by atoms with Gasteiger partial charge < -0.3 is 4.74 Å². The van der Waals surface area contributed by atoms with Crippen molar-refractivity contribution >= 4 is 17.8 Å². The van der Waals surface area contributed by atoms with Crippen molar-refractivity contribution < 1.29 is 23.9 Å². The zero-order valence-corrected chi connectivity index (χ0v) is 15.2. The van der Waals surface area contributed by atoms with Gasteiger partial charge in [0, 0.05) is 42.1 Å². The summed E-state index contributed by atoms with van der Waals surface area (Å²) < 4.78 is 19.1. The standard InChI is InChI=1S/C22H17FN2O4/c23-18-4-1-5-19(13-18)29-21-8-6-15(11-16(21)7-9-22(27)25-28)12-20(26)17-3-2-10-24-14-17/h1-11,13-14,28H,12H2,(H,25,27)/b9-7+. The molecule has 6 nitrogen and oxygen atoms in total. The maximum absolute atomic E-state index is 13.4. The third kappa shape index (κ3) is 5.57. The van der Waals surface area contributed by atoms with Crippen LogP contribution in [0, 0.1) is 5.82 Å². The van der Waals surface area contributed by atoms with Crippen LogP contribution in [0.3, 0.4) is 0 Å². The van der Waals surface area contributed by atoms with E-state index in [0.717, 1.165) is 6.08 Å². The lowest BCUT2D eigenvalue weighted by molar-refractivity contribution is -0.124. The number of hydrogen-bond acceptors (Lipinski definition) is 5. The van der Waals surface area contributed by atoms with Crippen LogP contribution in [-0.4, -0.2) is 21.9 Å². The van der Waals surface area contributed by atoms with Crippen molar-refractivity contribution in [3.63, 3.8) is 0 Å². The lowest BCUT2D eigenvalue weighted by Gasteiger charge is -2.11. The Morgan fingerprint density at radius 3 is 2.72 bits per heavy atom. The molecular formula is C22H17FN2O4. The number of nitrogens with zero attached hydrogens (tertiary/aromatic N) is 1. The van der Waals surface area contributed by atoms with Crippen molar-refractivity contribution in [1.29, 1.82) is 0 Å². The minimum atomic E-state index is -0.724. The molecule has 1 aromatic heterocycles. The molecule has 0 radical (unpaired) electrons. The van der Waals surface area contributed by atoms with Crippen LogP contribution in [0.1, 0.15) is 21.5 Å². The van der Waals surface area contributed by atoms with Crippen LogP contribution in [0.4, 0.5) is 4.39 Å². The topological polar surface area (TPSA) is 88.5 Å². The largest absolute Gasteiger partial charge is 0.457 e. The molecule has 0 atom stereocenters. The number of carbonyl (C=O) groups excluding carboxylic acids is 2. The molecule has 3 rings (SSSR count). The molecule has 2 N–H and O–H groups in total. The van der Waals surface area contributed by atoms with Crippen LogP contribution in [0.25, 0.3) is 6.08 Å². The van der Waals surface area contributed by atoms with Gasteiger partial charge in [0.1, 0.15) is 17.3 Å². The first-order valence-electron chi connectivity index (χ1n) is 8.67. The SMILES string of the molecule is O=C(/C=C/c1cc(CC(=O)c2cccnc2)ccc1Oc1cccc(F)c1)NO. The molecule has 1 heterocycles. The highest BCUT2D eigenvalue weighted by Gasteiger charge is 2.11. The Morgan fingerprint density at radius 1 is 1.14 bits per heavy atom. The molecule has 0 aliphatic carbocycles. The van der Waals surface area contributed by atoms with Gasteiger partial charge in [0.25, 0.3) is 5.91 Å². The number of hydroxylamine groups is 1. The predicted octanol–water partition coefficient (Wildman–Crippen LogP) is 3.96. The first kappa shape index (κ1) is 19.9. The Bertz CT molecular complexity index is 1050. The van der Waals surface area contributed by atoms with E-state index >= 15 is 0 Å². The summed E-state index contributed by atoms with van der Waals surface area (Å²) in [4.78, 5) is 27.7. The summed E-state index contributed by atoms with van der Waals surface area (Å²) in [5.74, 6) is -0.642. The Labute approximate surface area is 166 Å². The molecule has 0 aliphatic rings. The number of aromatic nitrogens is 1. The Kier molecular flexibility index (Phi) is 6.44. The molecule has 0 saturated heterocycles. The van der Waals surface area contributed by atoms with Gasteiger partial charge in [-0.15, -0.1) is 0 Å². The second-order valence-electron chi connectivity index (χ2n) is 6.08. The lowest BCUT2D eigenvalue weighted by Crippen LogP contribution is -2.14. The van der Waals surface area contributed by atoms with Crippen molar-refractivity contribution in [2.75, 3.05) is 0 Å². The predicted molar refractivity (Wildman–Crippen MR) is 104 cm³/mol. The summed E-state index contributed by atoms with van der Waals surface area (Å²) in [6.45, 7) is 0. The van der Waals surface area contributed by atoms with Crippen LogP contribution >= 0.6 is 0 Å². The minimum Gasteiger partial charge on any atom is -0.457 e. The van der Waals surface area contributed by atoms with Gasteiger partial charge in [-0.2, -0.15) is 0 Å². The smallest absolute Gasteiger partial charge is 0.267 e. The second kappa shape index (κ2) is 9.38. The van der Waals surface area contributed by atoms with E-state index in [0.29, 0.717) is 22.4 Å². The van der Waals surface area contributed by atoms with E-state index in [1.54, 1.807) is 42.6 Å². The highest BCUT2D eigenvalue weighted by atomic mass is 19.1. The summed E-state index contributed by atoms with van der Waals surface area (Å²) in [5.41, 5.74) is 3.16. The number of rotatable bonds is 7. The average molecular weight is 392 g/mol. The van der Waals surface area contributed by atoms with Crippen LogP contribution in [0.2, 0.25) is 0 Å². The molecule has 0 spiro atoms. The van der Waals surface area contributed by atoms with Crippen molar-refractivity contribution in [3.05, 3.63) is 95.6 Å². The molecule has 3 aromatic rings. The van der Waals surface area contributed by atoms with Gasteiger partial charge in [-0.1, -0.05) is 12.1 Å². The molecule has 0 bridgehead atoms. The third-order valence-electron chi connectivity index (χ3n) is 3.97. The normalized spacial score (nSPS) is 10.7. The number of hydrogen-bond donors (Lipinski definition) is 2. The van der Waals surface area contributed by atoms with Crippen molar-refractivity contribution in [3.8, 4) is 11.5 Å². The van der Waals surface area contributed by atoms with Crippen molar-refractivity contribution in [1.82, 2.24) is 10.5 Å². The number of ketones is 1. The molecular weight excluding hydrogens is 375 g/mol. The van der Waals surface area contributed by atoms with Gasteiger partial charge >= 0.3 is 0 Å². The molecule has 0 fully saturated rings. The third-order valence-corrected chi connectivity index (χ3v) is 3.97. The second-order valence-corrected chi connectivity index (χ2v) is 6.08. The van der Waals surface area contributed by atoms with Crippen LogP contribution in [-0.2, 0) is 11.2 Å². The highest BCUT2D eigenvalue weighted by molar-refractivity contribution is 5.97. The maximum Gasteiger partial charge on any atom is 0.267 e. The van der Waals surface area contributed by atoms with Gasteiger partial charge in [-0.05, 0) is 48.0 Å². The number of nitrogens with one attached hydrogen (secondary N) is 1. The Morgan fingerprint density at radius 2 is 2.00 bits per heavy atom. The monoisotopic (exact) mass is 392 g/mol. The molecule has 0 unspecified atom stereocenters. The molecule has 7 heteroatoms. The molecule has 29 heavy (non-hydrogen) atoms. The molecule has 1 amide bonds. The number of pyridine rings is 1. The van der Waals surface area contributed by atoms with E-state index < -0.39 is 11.7 Å². The number of carbonyl (C=O) groups is 2. The van der Waals surface area contributed by atoms with Crippen LogP contribution in [0.5, 0.6) is 11.5 Å². The fourth-order valence-corrected chi connectivity index (χ4v) is 2.61. The summed E-state index contributed by atoms with van der Waals surface area (Å²) in [6, 6.07) is 14.0. The van der Waals surface area contributed by atoms with Gasteiger partial charge in [0.2, 0.25) is 0 Å². The zero-order chi connectivity index (χ0) is 20.6. The van der Waals surface area contributed by atoms with Crippen LogP contribution in [0.15, 0.2) is 73.1 Å². The average Bonchev–Trinajstić information content (AvgIpc) is 2.74. The van der Waals surface area contributed by atoms with E-state index in [-0.39, 0.29) is 18.0 Å². The van der Waals surface area contributed by atoms with Gasteiger partial charge in [0.15, 0.2) is 5.78 Å². The number of Topliss-reactive ketones (excluding diaryl/α,β-unsaturated/α-hetero) is 1. The fraction of sp³-hybridized carbons (Fsp3) is 0.0455. The minimum absolute atomic E-state index is 0.111. The number of amides is 1. The summed E-state index contributed by atoms with van der Waals surface area (Å²) >= 11 is 0. The molecule has 0 saturated carbocycles. The Balaban J connectivity index is 1.88. The van der Waals surface area contributed by atoms with Gasteiger partial charge in [-0.25, -0.2) is 9.87 Å². The Hall–Kier alpha value is -3.84. The van der Waals surface area contributed by atoms with E-state index in [1.807, 2.05) is 0 Å². The first-order chi connectivity index (χ1) is 14.0. The van der Waals surface area contributed by atoms with Crippen molar-refractivity contribution in [2.24, 2.45) is 0 Å². The molecule has 2 aromatic carbocycles. The van der Waals surface area contributed by atoms with E-state index in [4.69, 9.17) is 9.94 Å². The van der Waals surface area contributed by atoms with Gasteiger partial charge in [-0.3, -0.25) is 19.8 Å². The number of ether oxygens (including phenoxy) is 1. The fourth-order valence-electron chi connectivity index (χ4n) is 2.61. The number of halogens is 1. The molecule has 0 aliphatic heterocycles. The van der Waals surface area contributed by atoms with Gasteiger partial charge in [0.05, 0.1) is 0 Å². The summed E-state index contributed by atoms with van der Waals surface area (Å²) in [6.07, 6.45) is 5.75. The molecule has 146 valence electrons. The van der Waals surface area contributed by atoms with E-state index in [1.165, 1.54) is 36.0 Å². The first-order valence-corrected chi connectivity index (χ1v) is 8.67. The summed E-state index contributed by atoms with van der Waals surface area (Å²) in [7, 11) is 0. The summed E-state index contributed by atoms with van der Waals surface area (Å²) in [5, 5.41) is 8.67. The van der Waals surface area contributed by atoms with E-state index in [2.05, 4.69) is 4.98 Å². The van der Waals surface area contributed by atoms with Crippen molar-refractivity contribution in [2.45, 2.75) is 6.42 Å². The maximum atomic E-state index is 13.4. The highest BCUT2D eigenvalue weighted by Crippen LogP contribution is 2.28. The number of benzene rings is 2. The lowest BCUT2D eigenvalue weighted by atomic mass is 10.0.